The van der Waals surface area contributed by atoms with Crippen LogP contribution in [0.1, 0.15) is 25.5 Å². The van der Waals surface area contributed by atoms with Gasteiger partial charge < -0.3 is 20.5 Å². The van der Waals surface area contributed by atoms with E-state index in [0.29, 0.717) is 25.7 Å². The van der Waals surface area contributed by atoms with Gasteiger partial charge in [0, 0.05) is 32.9 Å². The van der Waals surface area contributed by atoms with E-state index in [4.69, 9.17) is 4.74 Å². The van der Waals surface area contributed by atoms with E-state index in [1.54, 1.807) is 10.9 Å². The predicted molar refractivity (Wildman–Crippen MR) is 101 cm³/mol. The molecular weight excluding hydrogens is 409 g/mol. The van der Waals surface area contributed by atoms with Crippen molar-refractivity contribution >= 4 is 29.9 Å². The molecule has 0 radical (unpaired) electrons. The third-order valence-corrected chi connectivity index (χ3v) is 3.53. The molecule has 1 aliphatic rings. The molecule has 1 aromatic rings. The monoisotopic (exact) mass is 437 g/mol. The first-order chi connectivity index (χ1) is 10.7. The van der Waals surface area contributed by atoms with E-state index < -0.39 is 6.10 Å². The number of ether oxygens (including phenoxy) is 1. The Morgan fingerprint density at radius 2 is 2.30 bits per heavy atom. The lowest BCUT2D eigenvalue weighted by atomic mass is 10.3. The van der Waals surface area contributed by atoms with E-state index in [0.717, 1.165) is 24.8 Å². The number of hydrogen-bond donors (Lipinski definition) is 3. The van der Waals surface area contributed by atoms with Crippen LogP contribution in [0, 0.1) is 5.92 Å². The number of aliphatic hydroxyl groups excluding tert-OH is 1. The van der Waals surface area contributed by atoms with Crippen LogP contribution in [-0.4, -0.2) is 53.3 Å². The van der Waals surface area contributed by atoms with E-state index in [9.17, 15) is 5.11 Å². The lowest BCUT2D eigenvalue weighted by Gasteiger charge is -2.15. The van der Waals surface area contributed by atoms with Crippen molar-refractivity contribution in [3.63, 3.8) is 0 Å². The lowest BCUT2D eigenvalue weighted by molar-refractivity contribution is 0.0345. The van der Waals surface area contributed by atoms with E-state index in [2.05, 4.69) is 20.7 Å². The van der Waals surface area contributed by atoms with Crippen LogP contribution in [0.4, 0.5) is 0 Å². The first kappa shape index (κ1) is 20.2. The normalized spacial score (nSPS) is 15.9. The molecule has 1 unspecified atom stereocenters. The van der Waals surface area contributed by atoms with Gasteiger partial charge in [0.25, 0.3) is 0 Å². The van der Waals surface area contributed by atoms with E-state index in [1.807, 2.05) is 20.0 Å². The minimum Gasteiger partial charge on any atom is -0.389 e. The molecule has 0 saturated heterocycles. The number of aryl methyl sites for hydroxylation is 1. The van der Waals surface area contributed by atoms with E-state index in [1.165, 1.54) is 12.8 Å². The van der Waals surface area contributed by atoms with Gasteiger partial charge in [-0.3, -0.25) is 4.68 Å². The summed E-state index contributed by atoms with van der Waals surface area (Å²) >= 11 is 0. The van der Waals surface area contributed by atoms with Gasteiger partial charge in [-0.1, -0.05) is 0 Å². The second-order valence-corrected chi connectivity index (χ2v) is 5.66. The molecule has 1 aromatic heterocycles. The average Bonchev–Trinajstić information content (AvgIpc) is 3.23. The van der Waals surface area contributed by atoms with Crippen LogP contribution in [0.25, 0.3) is 0 Å². The smallest absolute Gasteiger partial charge is 0.191 e. The Morgan fingerprint density at radius 3 is 2.91 bits per heavy atom. The summed E-state index contributed by atoms with van der Waals surface area (Å²) in [6.45, 7) is 4.88. The van der Waals surface area contributed by atoms with Crippen molar-refractivity contribution in [3.05, 3.63) is 18.0 Å². The van der Waals surface area contributed by atoms with Gasteiger partial charge in [-0.15, -0.1) is 24.0 Å². The van der Waals surface area contributed by atoms with Crippen molar-refractivity contribution in [1.82, 2.24) is 20.4 Å². The van der Waals surface area contributed by atoms with Gasteiger partial charge in [0.15, 0.2) is 5.96 Å². The van der Waals surface area contributed by atoms with Crippen molar-refractivity contribution in [1.29, 1.82) is 0 Å². The number of hydrogen-bond acceptors (Lipinski definition) is 4. The minimum absolute atomic E-state index is 0. The number of guanidine groups is 1. The molecule has 0 bridgehead atoms. The minimum atomic E-state index is -0.528. The predicted octanol–water partition coefficient (Wildman–Crippen LogP) is 0.881. The maximum atomic E-state index is 9.91. The summed E-state index contributed by atoms with van der Waals surface area (Å²) in [5.41, 5.74) is 1.03. The molecule has 0 spiro atoms. The average molecular weight is 437 g/mol. The highest BCUT2D eigenvalue weighted by Gasteiger charge is 2.21. The number of aromatic nitrogens is 2. The molecule has 132 valence electrons. The Morgan fingerprint density at radius 1 is 1.52 bits per heavy atom. The largest absolute Gasteiger partial charge is 0.389 e. The lowest BCUT2D eigenvalue weighted by Crippen LogP contribution is -2.42. The number of aliphatic hydroxyl groups is 1. The van der Waals surface area contributed by atoms with E-state index in [-0.39, 0.29) is 24.0 Å². The quantitative estimate of drug-likeness (QED) is 0.304. The van der Waals surface area contributed by atoms with E-state index >= 15 is 0 Å². The van der Waals surface area contributed by atoms with Crippen LogP contribution in [-0.2, 0) is 18.3 Å². The van der Waals surface area contributed by atoms with Crippen LogP contribution >= 0.6 is 24.0 Å². The molecule has 0 aromatic carbocycles. The Bertz CT molecular complexity index is 476. The molecule has 2 rings (SSSR count). The first-order valence-corrected chi connectivity index (χ1v) is 7.94. The number of aliphatic imine (C=N–C) groups is 1. The maximum Gasteiger partial charge on any atom is 0.191 e. The summed E-state index contributed by atoms with van der Waals surface area (Å²) in [6, 6.07) is 1.94. The molecule has 0 aliphatic heterocycles. The van der Waals surface area contributed by atoms with Crippen molar-refractivity contribution < 1.29 is 9.84 Å². The molecule has 3 N–H and O–H groups in total. The van der Waals surface area contributed by atoms with Crippen molar-refractivity contribution in [3.8, 4) is 0 Å². The Kier molecular flexibility index (Phi) is 9.49. The summed E-state index contributed by atoms with van der Waals surface area (Å²) in [4.78, 5) is 4.49. The molecule has 1 atom stereocenters. The molecule has 8 heteroatoms. The first-order valence-electron chi connectivity index (χ1n) is 7.94. The van der Waals surface area contributed by atoms with Crippen molar-refractivity contribution in [2.75, 3.05) is 26.3 Å². The summed E-state index contributed by atoms with van der Waals surface area (Å²) in [5, 5.41) is 20.3. The fourth-order valence-corrected chi connectivity index (χ4v) is 1.99. The van der Waals surface area contributed by atoms with Gasteiger partial charge in [0.2, 0.25) is 0 Å². The Labute approximate surface area is 154 Å². The highest BCUT2D eigenvalue weighted by atomic mass is 127. The fourth-order valence-electron chi connectivity index (χ4n) is 1.99. The molecule has 1 aliphatic carbocycles. The van der Waals surface area contributed by atoms with Crippen LogP contribution < -0.4 is 10.6 Å². The van der Waals surface area contributed by atoms with Crippen molar-refractivity contribution in [2.45, 2.75) is 32.4 Å². The van der Waals surface area contributed by atoms with Crippen molar-refractivity contribution in [2.24, 2.45) is 18.0 Å². The van der Waals surface area contributed by atoms with Gasteiger partial charge >= 0.3 is 0 Å². The van der Waals surface area contributed by atoms with Gasteiger partial charge in [-0.2, -0.15) is 5.10 Å². The van der Waals surface area contributed by atoms with Gasteiger partial charge in [0.1, 0.15) is 0 Å². The van der Waals surface area contributed by atoms with Crippen LogP contribution in [0.3, 0.4) is 0 Å². The summed E-state index contributed by atoms with van der Waals surface area (Å²) < 4.78 is 7.28. The molecule has 1 saturated carbocycles. The zero-order chi connectivity index (χ0) is 15.8. The van der Waals surface area contributed by atoms with Gasteiger partial charge in [0.05, 0.1) is 24.9 Å². The highest BCUT2D eigenvalue weighted by Crippen LogP contribution is 2.28. The highest BCUT2D eigenvalue weighted by molar-refractivity contribution is 14.0. The van der Waals surface area contributed by atoms with Gasteiger partial charge in [-0.25, -0.2) is 4.99 Å². The van der Waals surface area contributed by atoms with Crippen LogP contribution in [0.2, 0.25) is 0 Å². The second-order valence-electron chi connectivity index (χ2n) is 5.66. The molecule has 7 nitrogen and oxygen atoms in total. The molecule has 0 amide bonds. The topological polar surface area (TPSA) is 83.7 Å². The zero-order valence-electron chi connectivity index (χ0n) is 13.9. The van der Waals surface area contributed by atoms with Gasteiger partial charge in [-0.05, 0) is 31.7 Å². The van der Waals surface area contributed by atoms with Crippen LogP contribution in [0.15, 0.2) is 17.3 Å². The number of nitrogens with one attached hydrogen (secondary N) is 2. The summed E-state index contributed by atoms with van der Waals surface area (Å²) in [7, 11) is 1.90. The number of halogens is 1. The molecule has 1 fully saturated rings. The van der Waals surface area contributed by atoms with Crippen LogP contribution in [0.5, 0.6) is 0 Å². The fraction of sp³-hybridized carbons (Fsp3) is 0.733. The molecule has 1 heterocycles. The zero-order valence-corrected chi connectivity index (χ0v) is 16.2. The third-order valence-electron chi connectivity index (χ3n) is 3.53. The molecular formula is C15H28IN5O2. The standard InChI is InChI=1S/C15H27N5O2.HI/c1-3-16-15(17-8-13-6-7-19-20(13)2)18-9-14(21)11-22-10-12-4-5-12;/h6-7,12,14,21H,3-5,8-11H2,1-2H3,(H2,16,17,18);1H. The number of rotatable bonds is 9. The Hall–Kier alpha value is -0.870. The summed E-state index contributed by atoms with van der Waals surface area (Å²) in [5.74, 6) is 1.41. The maximum absolute atomic E-state index is 9.91. The second kappa shape index (κ2) is 10.8. The third kappa shape index (κ3) is 7.98. The number of nitrogens with zero attached hydrogens (tertiary/aromatic N) is 3. The summed E-state index contributed by atoms with van der Waals surface area (Å²) in [6.07, 6.45) is 3.75. The Balaban J connectivity index is 0.00000264. The SMILES string of the molecule is CCNC(=NCc1ccnn1C)NCC(O)COCC1CC1.I. The molecule has 23 heavy (non-hydrogen) atoms.